The summed E-state index contributed by atoms with van der Waals surface area (Å²) in [4.78, 5) is 12.2. The van der Waals surface area contributed by atoms with Gasteiger partial charge >= 0.3 is 11.9 Å². The lowest BCUT2D eigenvalue weighted by molar-refractivity contribution is -0.385. The monoisotopic (exact) mass is 437 g/mol. The largest absolute Gasteiger partial charge is 0.507 e. The van der Waals surface area contributed by atoms with Gasteiger partial charge in [0.05, 0.1) is 14.7 Å². The van der Waals surface area contributed by atoms with Crippen LogP contribution in [0, 0.1) is 10.1 Å². The first kappa shape index (κ1) is 22.1. The number of anilines is 1. The molecule has 0 amide bonds. The van der Waals surface area contributed by atoms with Gasteiger partial charge in [-0.15, -0.1) is 0 Å². The number of phenols is 1. The molecule has 12 heteroatoms. The molecule has 2 aromatic rings. The van der Waals surface area contributed by atoms with Gasteiger partial charge in [-0.1, -0.05) is 11.3 Å². The average Bonchev–Trinajstić information content (AvgIpc) is 3.21. The van der Waals surface area contributed by atoms with Gasteiger partial charge in [-0.05, 0) is 57.1 Å². The molecule has 0 saturated carbocycles. The molecule has 0 radical (unpaired) electrons. The predicted octanol–water partition coefficient (Wildman–Crippen LogP) is 4.92. The third kappa shape index (κ3) is 6.17. The van der Waals surface area contributed by atoms with E-state index in [0.717, 1.165) is 41.5 Å². The maximum atomic E-state index is 12.5. The Morgan fingerprint density at radius 1 is 1.25 bits per heavy atom. The quantitative estimate of drug-likeness (QED) is 0.355. The van der Waals surface area contributed by atoms with Crippen molar-refractivity contribution >= 4 is 34.7 Å². The minimum absolute atomic E-state index is 0.172. The van der Waals surface area contributed by atoms with Crippen LogP contribution in [-0.4, -0.2) is 40.2 Å². The predicted molar refractivity (Wildman–Crippen MR) is 102 cm³/mol. The topological polar surface area (TPSA) is 98.9 Å². The molecule has 28 heavy (non-hydrogen) atoms. The summed E-state index contributed by atoms with van der Waals surface area (Å²) >= 11 is 1.61. The summed E-state index contributed by atoms with van der Waals surface area (Å²) in [5, 5.41) is 28.8. The van der Waals surface area contributed by atoms with Crippen molar-refractivity contribution in [2.24, 2.45) is 0 Å². The summed E-state index contributed by atoms with van der Waals surface area (Å²) in [6.07, 6.45) is -1.83. The number of benzene rings is 1. The molecule has 1 aliphatic rings. The van der Waals surface area contributed by atoms with E-state index in [1.807, 2.05) is 0 Å². The summed E-state index contributed by atoms with van der Waals surface area (Å²) < 4.78 is 40.4. The highest BCUT2D eigenvalue weighted by Gasteiger charge is 2.33. The van der Waals surface area contributed by atoms with E-state index in [0.29, 0.717) is 10.3 Å². The molecule has 3 rings (SSSR count). The summed E-state index contributed by atoms with van der Waals surface area (Å²) in [6.45, 7) is 2.64. The maximum absolute atomic E-state index is 12.5. The van der Waals surface area contributed by atoms with E-state index in [2.05, 4.69) is 16.7 Å². The Morgan fingerprint density at radius 3 is 2.32 bits per heavy atom. The van der Waals surface area contributed by atoms with E-state index in [9.17, 15) is 33.5 Å². The molecule has 3 N–H and O–H groups in total. The van der Waals surface area contributed by atoms with Crippen molar-refractivity contribution in [3.05, 3.63) is 39.9 Å². The van der Waals surface area contributed by atoms with Gasteiger partial charge in [-0.3, -0.25) is 10.1 Å². The fourth-order valence-electron chi connectivity index (χ4n) is 2.35. The van der Waals surface area contributed by atoms with Crippen molar-refractivity contribution < 1.29 is 28.3 Å². The van der Waals surface area contributed by atoms with Gasteiger partial charge in [0.2, 0.25) is 0 Å². The highest BCUT2D eigenvalue weighted by Crippen LogP contribution is 2.41. The number of phenolic OH excluding ortho intramolecular Hbond substituents is 1. The molecule has 0 unspecified atom stereocenters. The third-order valence-corrected chi connectivity index (χ3v) is 5.65. The molecule has 1 aromatic carbocycles. The van der Waals surface area contributed by atoms with Crippen LogP contribution in [0.4, 0.5) is 24.5 Å². The maximum Gasteiger partial charge on any atom is 0.419 e. The van der Waals surface area contributed by atoms with Crippen molar-refractivity contribution in [3.63, 3.8) is 0 Å². The van der Waals surface area contributed by atoms with Crippen LogP contribution < -0.4 is 4.72 Å². The van der Waals surface area contributed by atoms with Crippen LogP contribution in [0.1, 0.15) is 18.4 Å². The van der Waals surface area contributed by atoms with Crippen LogP contribution >= 0.6 is 23.3 Å². The first-order chi connectivity index (χ1) is 13.1. The Balaban J connectivity index is 0.000000397. The molecule has 2 heterocycles. The summed E-state index contributed by atoms with van der Waals surface area (Å²) in [7, 11) is 2.17. The minimum Gasteiger partial charge on any atom is -0.507 e. The zero-order chi connectivity index (χ0) is 20.9. The smallest absolute Gasteiger partial charge is 0.419 e. The Bertz CT molecular complexity index is 824. The molecule has 1 fully saturated rings. The standard InChI is InChI=1S/C11H7F3N2O4S2.C5H11N/c12-11(13,14)6-2-1-5(3-8(6)17)15-22-9-4-7(16(19)20)10(18)21-9;1-6-4-2-3-5-6/h1-4,15,17-18H;2-5H2,1H3. The highest BCUT2D eigenvalue weighted by molar-refractivity contribution is 8.02. The zero-order valence-electron chi connectivity index (χ0n) is 14.7. The number of nitro groups is 1. The molecule has 7 nitrogen and oxygen atoms in total. The Kier molecular flexibility index (Phi) is 7.38. The number of halogens is 3. The van der Waals surface area contributed by atoms with Crippen molar-refractivity contribution in [2.45, 2.75) is 23.2 Å². The van der Waals surface area contributed by atoms with E-state index in [1.54, 1.807) is 0 Å². The number of hydrogen-bond acceptors (Lipinski definition) is 8. The van der Waals surface area contributed by atoms with E-state index in [1.165, 1.54) is 25.9 Å². The highest BCUT2D eigenvalue weighted by atomic mass is 32.2. The minimum atomic E-state index is -4.66. The second-order valence-corrected chi connectivity index (χ2v) is 8.09. The molecule has 0 aliphatic carbocycles. The van der Waals surface area contributed by atoms with Crippen LogP contribution in [0.15, 0.2) is 28.5 Å². The Labute approximate surface area is 167 Å². The van der Waals surface area contributed by atoms with Gasteiger partial charge in [0.15, 0.2) is 0 Å². The number of nitrogens with zero attached hydrogens (tertiary/aromatic N) is 2. The molecule has 0 atom stereocenters. The van der Waals surface area contributed by atoms with Gasteiger partial charge in [-0.25, -0.2) is 0 Å². The molecule has 154 valence electrons. The van der Waals surface area contributed by atoms with Crippen LogP contribution in [0.25, 0.3) is 0 Å². The zero-order valence-corrected chi connectivity index (χ0v) is 16.3. The lowest BCUT2D eigenvalue weighted by Gasteiger charge is -2.10. The van der Waals surface area contributed by atoms with E-state index in [-0.39, 0.29) is 5.69 Å². The molecule has 1 aliphatic heterocycles. The van der Waals surface area contributed by atoms with Crippen molar-refractivity contribution in [2.75, 3.05) is 24.9 Å². The van der Waals surface area contributed by atoms with Crippen LogP contribution in [-0.2, 0) is 6.18 Å². The van der Waals surface area contributed by atoms with E-state index in [4.69, 9.17) is 0 Å². The molecule has 1 aromatic heterocycles. The van der Waals surface area contributed by atoms with Gasteiger partial charge in [0.1, 0.15) is 5.75 Å². The Hall–Kier alpha value is -2.18. The van der Waals surface area contributed by atoms with Crippen LogP contribution in [0.3, 0.4) is 0 Å². The lowest BCUT2D eigenvalue weighted by Crippen LogP contribution is -2.10. The summed E-state index contributed by atoms with van der Waals surface area (Å²) in [5.74, 6) is -0.932. The molecule has 0 spiro atoms. The SMILES string of the molecule is CN1CCCC1.O=[N+]([O-])c1cc(SNc2ccc(C(F)(F)F)c(O)c2)sc1O. The lowest BCUT2D eigenvalue weighted by atomic mass is 10.2. The first-order valence-corrected chi connectivity index (χ1v) is 9.70. The van der Waals surface area contributed by atoms with E-state index < -0.39 is 33.2 Å². The molecular weight excluding hydrogens is 419 g/mol. The summed E-state index contributed by atoms with van der Waals surface area (Å²) in [5.41, 5.74) is -1.44. The number of likely N-dealkylation sites (tertiary alicyclic amines) is 1. The fourth-order valence-corrected chi connectivity index (χ4v) is 3.99. The second kappa shape index (κ2) is 9.34. The fraction of sp³-hybridized carbons (Fsp3) is 0.375. The van der Waals surface area contributed by atoms with Gasteiger partial charge in [-0.2, -0.15) is 13.2 Å². The van der Waals surface area contributed by atoms with Crippen molar-refractivity contribution in [1.29, 1.82) is 0 Å². The number of hydrogen-bond donors (Lipinski definition) is 3. The van der Waals surface area contributed by atoms with E-state index >= 15 is 0 Å². The van der Waals surface area contributed by atoms with Crippen LogP contribution in [0.2, 0.25) is 0 Å². The normalized spacial score (nSPS) is 14.4. The number of rotatable bonds is 4. The number of nitrogens with one attached hydrogen (secondary N) is 1. The number of alkyl halides is 3. The number of thiophene rings is 1. The van der Waals surface area contributed by atoms with Crippen molar-refractivity contribution in [1.82, 2.24) is 4.90 Å². The second-order valence-electron chi connectivity index (χ2n) is 5.96. The van der Waals surface area contributed by atoms with Gasteiger partial charge < -0.3 is 19.8 Å². The third-order valence-electron chi connectivity index (χ3n) is 3.77. The van der Waals surface area contributed by atoms with Gasteiger partial charge in [0, 0.05) is 17.8 Å². The average molecular weight is 437 g/mol. The van der Waals surface area contributed by atoms with Crippen molar-refractivity contribution in [3.8, 4) is 10.8 Å². The summed E-state index contributed by atoms with van der Waals surface area (Å²) in [6, 6.07) is 3.84. The molecular formula is C16H18F3N3O4S2. The van der Waals surface area contributed by atoms with Gasteiger partial charge in [0.25, 0.3) is 5.06 Å². The first-order valence-electron chi connectivity index (χ1n) is 8.06. The number of aromatic hydroxyl groups is 2. The van der Waals surface area contributed by atoms with Crippen LogP contribution in [0.5, 0.6) is 10.8 Å². The molecule has 0 bridgehead atoms. The molecule has 1 saturated heterocycles. The Morgan fingerprint density at radius 2 is 1.89 bits per heavy atom.